The Morgan fingerprint density at radius 3 is 2.67 bits per heavy atom. The van der Waals surface area contributed by atoms with Gasteiger partial charge in [-0.25, -0.2) is 0 Å². The Hall–Kier alpha value is -3.97. The number of nitrogens with zero attached hydrogens (tertiary/aromatic N) is 2. The Balaban J connectivity index is 1.54. The summed E-state index contributed by atoms with van der Waals surface area (Å²) in [4.78, 5) is 17.1. The first-order valence-electron chi connectivity index (χ1n) is 10.9. The normalized spacial score (nSPS) is 12.4. The van der Waals surface area contributed by atoms with Gasteiger partial charge in [-0.3, -0.25) is 14.9 Å². The summed E-state index contributed by atoms with van der Waals surface area (Å²) in [5.74, 6) is -0.0989. The largest absolute Gasteiger partial charge is 0.394 e. The van der Waals surface area contributed by atoms with Crippen LogP contribution >= 0.6 is 0 Å². The Labute approximate surface area is 192 Å². The number of nitrogens with one attached hydrogen (secondary N) is 3. The van der Waals surface area contributed by atoms with Gasteiger partial charge in [-0.15, -0.1) is 0 Å². The lowest BCUT2D eigenvalue weighted by Gasteiger charge is -2.21. The molecule has 7 heteroatoms. The first-order chi connectivity index (χ1) is 16.0. The highest BCUT2D eigenvalue weighted by Crippen LogP contribution is 2.26. The van der Waals surface area contributed by atoms with Crippen molar-refractivity contribution >= 4 is 40.3 Å². The smallest absolute Gasteiger partial charge is 0.253 e. The quantitative estimate of drug-likeness (QED) is 0.320. The fourth-order valence-corrected chi connectivity index (χ4v) is 3.50. The predicted octanol–water partition coefficient (Wildman–Crippen LogP) is 4.62. The number of rotatable bonds is 8. The molecule has 0 saturated carbocycles. The molecule has 33 heavy (non-hydrogen) atoms. The number of amides is 1. The van der Waals surface area contributed by atoms with Gasteiger partial charge in [0.05, 0.1) is 40.8 Å². The molecule has 0 aliphatic carbocycles. The number of carbonyl (C=O) groups is 1. The Morgan fingerprint density at radius 2 is 1.91 bits per heavy atom. The molecule has 0 aliphatic rings. The van der Waals surface area contributed by atoms with Crippen molar-refractivity contribution in [1.29, 1.82) is 0 Å². The number of aliphatic hydroxyl groups excluding tert-OH is 1. The van der Waals surface area contributed by atoms with E-state index in [0.717, 1.165) is 28.0 Å². The third-order valence-corrected chi connectivity index (χ3v) is 5.46. The van der Waals surface area contributed by atoms with Gasteiger partial charge in [0.1, 0.15) is 0 Å². The zero-order valence-corrected chi connectivity index (χ0v) is 18.6. The van der Waals surface area contributed by atoms with Crippen molar-refractivity contribution in [2.24, 2.45) is 5.92 Å². The lowest BCUT2D eigenvalue weighted by atomic mass is 10.0. The molecule has 168 valence electrons. The van der Waals surface area contributed by atoms with Crippen LogP contribution in [0.3, 0.4) is 0 Å². The lowest BCUT2D eigenvalue weighted by molar-refractivity contribution is 0.0897. The van der Waals surface area contributed by atoms with E-state index in [1.807, 2.05) is 80.6 Å². The third kappa shape index (κ3) is 5.27. The van der Waals surface area contributed by atoms with Crippen LogP contribution in [0.15, 0.2) is 66.9 Å². The number of benzene rings is 2. The molecule has 1 amide bonds. The second kappa shape index (κ2) is 10.1. The van der Waals surface area contributed by atoms with Crippen molar-refractivity contribution in [3.8, 4) is 0 Å². The molecule has 4 N–H and O–H groups in total. The summed E-state index contributed by atoms with van der Waals surface area (Å²) in [6, 6.07) is 18.7. The van der Waals surface area contributed by atoms with E-state index in [1.165, 1.54) is 0 Å². The van der Waals surface area contributed by atoms with Gasteiger partial charge in [-0.2, -0.15) is 5.10 Å². The molecule has 7 nitrogen and oxygen atoms in total. The van der Waals surface area contributed by atoms with Gasteiger partial charge < -0.3 is 15.7 Å². The number of hydrogen-bond acceptors (Lipinski definition) is 5. The molecule has 1 atom stereocenters. The van der Waals surface area contributed by atoms with E-state index < -0.39 is 0 Å². The number of aromatic nitrogens is 3. The van der Waals surface area contributed by atoms with E-state index in [-0.39, 0.29) is 24.5 Å². The minimum atomic E-state index is -0.301. The minimum absolute atomic E-state index is 0.105. The highest BCUT2D eigenvalue weighted by atomic mass is 16.3. The molecule has 0 unspecified atom stereocenters. The Bertz CT molecular complexity index is 1260. The maximum atomic E-state index is 12.8. The number of H-pyrrole nitrogens is 1. The van der Waals surface area contributed by atoms with Gasteiger partial charge in [0.15, 0.2) is 0 Å². The predicted molar refractivity (Wildman–Crippen MR) is 132 cm³/mol. The first-order valence-corrected chi connectivity index (χ1v) is 10.9. The van der Waals surface area contributed by atoms with Crippen molar-refractivity contribution in [1.82, 2.24) is 20.5 Å². The number of para-hydroxylation sites is 1. The van der Waals surface area contributed by atoms with Gasteiger partial charge in [0.2, 0.25) is 0 Å². The van der Waals surface area contributed by atoms with E-state index in [9.17, 15) is 9.90 Å². The van der Waals surface area contributed by atoms with Crippen LogP contribution in [0.25, 0.3) is 23.1 Å². The van der Waals surface area contributed by atoms with E-state index in [0.29, 0.717) is 11.3 Å². The summed E-state index contributed by atoms with van der Waals surface area (Å²) in [6.07, 6.45) is 5.61. The van der Waals surface area contributed by atoms with Crippen LogP contribution in [-0.4, -0.2) is 38.8 Å². The average molecular weight is 442 g/mol. The third-order valence-electron chi connectivity index (χ3n) is 5.46. The molecule has 0 bridgehead atoms. The fourth-order valence-electron chi connectivity index (χ4n) is 3.50. The number of hydrogen-bond donors (Lipinski definition) is 4. The molecule has 0 aliphatic heterocycles. The van der Waals surface area contributed by atoms with E-state index in [2.05, 4.69) is 25.8 Å². The molecule has 2 heterocycles. The topological polar surface area (TPSA) is 103 Å². The second-order valence-corrected chi connectivity index (χ2v) is 8.13. The SMILES string of the molecule is CC(C)[C@H](CO)NC(=O)c1ccccc1Nc1ccc2c(/C=C/c3ccccn3)n[nH]c2c1. The maximum Gasteiger partial charge on any atom is 0.253 e. The van der Waals surface area contributed by atoms with Crippen LogP contribution in [-0.2, 0) is 0 Å². The standard InChI is InChI=1S/C26H27N5O2/c1-17(2)25(16-32)29-26(33)21-8-3-4-9-22(21)28-19-10-12-20-23(30-31-24(20)15-19)13-11-18-7-5-6-14-27-18/h3-15,17,25,28,32H,16H2,1-2H3,(H,29,33)(H,30,31)/b13-11+/t25-/m0/s1. The van der Waals surface area contributed by atoms with Crippen LogP contribution in [0.4, 0.5) is 11.4 Å². The van der Waals surface area contributed by atoms with Gasteiger partial charge >= 0.3 is 0 Å². The summed E-state index contributed by atoms with van der Waals surface area (Å²) in [5.41, 5.74) is 4.59. The fraction of sp³-hybridized carbons (Fsp3) is 0.192. The lowest BCUT2D eigenvalue weighted by Crippen LogP contribution is -2.41. The van der Waals surface area contributed by atoms with E-state index in [1.54, 1.807) is 12.3 Å². The average Bonchev–Trinajstić information content (AvgIpc) is 3.24. The number of pyridine rings is 1. The zero-order valence-electron chi connectivity index (χ0n) is 18.6. The van der Waals surface area contributed by atoms with Gasteiger partial charge in [-0.05, 0) is 60.5 Å². The molecular formula is C26H27N5O2. The van der Waals surface area contributed by atoms with Gasteiger partial charge in [0, 0.05) is 17.3 Å². The molecule has 0 spiro atoms. The monoisotopic (exact) mass is 441 g/mol. The van der Waals surface area contributed by atoms with Crippen molar-refractivity contribution in [3.63, 3.8) is 0 Å². The van der Waals surface area contributed by atoms with E-state index >= 15 is 0 Å². The zero-order chi connectivity index (χ0) is 23.2. The number of aromatic amines is 1. The van der Waals surface area contributed by atoms with Crippen LogP contribution < -0.4 is 10.6 Å². The summed E-state index contributed by atoms with van der Waals surface area (Å²) < 4.78 is 0. The number of aliphatic hydroxyl groups is 1. The Kier molecular flexibility index (Phi) is 6.80. The highest BCUT2D eigenvalue weighted by molar-refractivity contribution is 6.01. The van der Waals surface area contributed by atoms with Crippen LogP contribution in [0.1, 0.15) is 35.6 Å². The van der Waals surface area contributed by atoms with E-state index in [4.69, 9.17) is 0 Å². The van der Waals surface area contributed by atoms with Crippen LogP contribution in [0.2, 0.25) is 0 Å². The van der Waals surface area contributed by atoms with Crippen molar-refractivity contribution < 1.29 is 9.90 Å². The van der Waals surface area contributed by atoms with Crippen molar-refractivity contribution in [2.45, 2.75) is 19.9 Å². The van der Waals surface area contributed by atoms with Gasteiger partial charge in [-0.1, -0.05) is 32.0 Å². The molecule has 0 fully saturated rings. The maximum absolute atomic E-state index is 12.8. The molecular weight excluding hydrogens is 414 g/mol. The molecule has 4 rings (SSSR count). The van der Waals surface area contributed by atoms with Crippen LogP contribution in [0.5, 0.6) is 0 Å². The minimum Gasteiger partial charge on any atom is -0.394 e. The molecule has 4 aromatic rings. The molecule has 2 aromatic heterocycles. The number of fused-ring (bicyclic) bond motifs is 1. The Morgan fingerprint density at radius 1 is 1.09 bits per heavy atom. The van der Waals surface area contributed by atoms with Crippen molar-refractivity contribution in [2.75, 3.05) is 11.9 Å². The molecule has 0 radical (unpaired) electrons. The number of carbonyl (C=O) groups excluding carboxylic acids is 1. The second-order valence-electron chi connectivity index (χ2n) is 8.13. The van der Waals surface area contributed by atoms with Crippen molar-refractivity contribution in [3.05, 3.63) is 83.8 Å². The summed E-state index contributed by atoms with van der Waals surface area (Å²) >= 11 is 0. The number of anilines is 2. The summed E-state index contributed by atoms with van der Waals surface area (Å²) in [7, 11) is 0. The first kappa shape index (κ1) is 22.2. The van der Waals surface area contributed by atoms with Gasteiger partial charge in [0.25, 0.3) is 5.91 Å². The molecule has 0 saturated heterocycles. The highest BCUT2D eigenvalue weighted by Gasteiger charge is 2.18. The summed E-state index contributed by atoms with van der Waals surface area (Å²) in [6.45, 7) is 3.82. The van der Waals surface area contributed by atoms with Crippen LogP contribution in [0, 0.1) is 5.92 Å². The summed E-state index contributed by atoms with van der Waals surface area (Å²) in [5, 5.41) is 24.3. The molecule has 2 aromatic carbocycles.